The van der Waals surface area contributed by atoms with Crippen molar-refractivity contribution in [3.05, 3.63) is 23.1 Å². The van der Waals surface area contributed by atoms with Crippen LogP contribution >= 0.6 is 11.8 Å². The van der Waals surface area contributed by atoms with Gasteiger partial charge in [-0.3, -0.25) is 9.59 Å². The standard InChI is InChI=1S/C14H20O2S/c1-4-10(2)5-6-11(3)17-14-9-12(15)7-8-13(14)16/h7-11H,4-6H2,1-3H3. The van der Waals surface area contributed by atoms with E-state index in [9.17, 15) is 9.59 Å². The quantitative estimate of drug-likeness (QED) is 0.678. The van der Waals surface area contributed by atoms with Gasteiger partial charge in [0.25, 0.3) is 0 Å². The summed E-state index contributed by atoms with van der Waals surface area (Å²) in [5.41, 5.74) is 0. The van der Waals surface area contributed by atoms with Crippen LogP contribution in [0.15, 0.2) is 23.1 Å². The van der Waals surface area contributed by atoms with Gasteiger partial charge in [0.2, 0.25) is 0 Å². The molecule has 0 spiro atoms. The lowest BCUT2D eigenvalue weighted by atomic mass is 10.0. The van der Waals surface area contributed by atoms with E-state index in [1.54, 1.807) is 0 Å². The molecular weight excluding hydrogens is 232 g/mol. The second-order valence-electron chi connectivity index (χ2n) is 4.63. The first-order chi connectivity index (χ1) is 8.02. The number of allylic oxidation sites excluding steroid dienone is 4. The van der Waals surface area contributed by atoms with Gasteiger partial charge in [-0.2, -0.15) is 0 Å². The number of thioether (sulfide) groups is 1. The molecule has 0 saturated carbocycles. The molecule has 0 aromatic rings. The van der Waals surface area contributed by atoms with Crippen molar-refractivity contribution in [2.24, 2.45) is 5.92 Å². The first kappa shape index (κ1) is 14.2. The molecule has 0 saturated heterocycles. The monoisotopic (exact) mass is 252 g/mol. The van der Waals surface area contributed by atoms with Crippen LogP contribution < -0.4 is 0 Å². The van der Waals surface area contributed by atoms with Gasteiger partial charge in [-0.05, 0) is 30.9 Å². The highest BCUT2D eigenvalue weighted by molar-refractivity contribution is 8.04. The second-order valence-corrected chi connectivity index (χ2v) is 6.11. The van der Waals surface area contributed by atoms with Gasteiger partial charge in [0.1, 0.15) is 0 Å². The second kappa shape index (κ2) is 6.80. The Kier molecular flexibility index (Phi) is 5.69. The summed E-state index contributed by atoms with van der Waals surface area (Å²) in [5.74, 6) is 0.613. The van der Waals surface area contributed by atoms with Crippen molar-refractivity contribution >= 4 is 23.3 Å². The summed E-state index contributed by atoms with van der Waals surface area (Å²) < 4.78 is 0. The van der Waals surface area contributed by atoms with Gasteiger partial charge in [-0.15, -0.1) is 11.8 Å². The lowest BCUT2D eigenvalue weighted by Crippen LogP contribution is -2.09. The molecule has 0 heterocycles. The van der Waals surface area contributed by atoms with Gasteiger partial charge in [0.05, 0.1) is 4.91 Å². The largest absolute Gasteiger partial charge is 0.290 e. The molecule has 2 atom stereocenters. The van der Waals surface area contributed by atoms with E-state index in [2.05, 4.69) is 20.8 Å². The molecule has 0 aromatic heterocycles. The predicted octanol–water partition coefficient (Wildman–Crippen LogP) is 3.53. The maximum absolute atomic E-state index is 11.5. The fourth-order valence-corrected chi connectivity index (χ4v) is 2.64. The molecule has 1 aliphatic rings. The minimum absolute atomic E-state index is 0.0370. The number of carbonyl (C=O) groups excluding carboxylic acids is 2. The Labute approximate surface area is 108 Å². The van der Waals surface area contributed by atoms with E-state index in [1.165, 1.54) is 42.8 Å². The molecular formula is C14H20O2S. The third kappa shape index (κ3) is 4.90. The minimum Gasteiger partial charge on any atom is -0.290 e. The molecule has 2 unspecified atom stereocenters. The van der Waals surface area contributed by atoms with E-state index in [1.807, 2.05) is 0 Å². The van der Waals surface area contributed by atoms with E-state index in [4.69, 9.17) is 0 Å². The maximum Gasteiger partial charge on any atom is 0.192 e. The fourth-order valence-electron chi connectivity index (χ4n) is 1.58. The van der Waals surface area contributed by atoms with Gasteiger partial charge < -0.3 is 0 Å². The molecule has 0 fully saturated rings. The number of rotatable bonds is 6. The Morgan fingerprint density at radius 1 is 1.18 bits per heavy atom. The summed E-state index contributed by atoms with van der Waals surface area (Å²) in [6, 6.07) is 0. The van der Waals surface area contributed by atoms with E-state index < -0.39 is 0 Å². The number of hydrogen-bond acceptors (Lipinski definition) is 3. The molecule has 3 heteroatoms. The molecule has 0 aromatic carbocycles. The fraction of sp³-hybridized carbons (Fsp3) is 0.571. The Morgan fingerprint density at radius 2 is 1.88 bits per heavy atom. The predicted molar refractivity (Wildman–Crippen MR) is 73.0 cm³/mol. The average Bonchev–Trinajstić information content (AvgIpc) is 2.30. The van der Waals surface area contributed by atoms with Crippen LogP contribution in [0.4, 0.5) is 0 Å². The molecule has 0 bridgehead atoms. The molecule has 2 nitrogen and oxygen atoms in total. The van der Waals surface area contributed by atoms with Crippen molar-refractivity contribution in [3.8, 4) is 0 Å². The zero-order valence-electron chi connectivity index (χ0n) is 10.7. The summed E-state index contributed by atoms with van der Waals surface area (Å²) >= 11 is 1.52. The van der Waals surface area contributed by atoms with Crippen LogP contribution in [0.5, 0.6) is 0 Å². The van der Waals surface area contributed by atoms with Crippen LogP contribution in [-0.2, 0) is 9.59 Å². The Morgan fingerprint density at radius 3 is 2.53 bits per heavy atom. The van der Waals surface area contributed by atoms with Crippen molar-refractivity contribution in [2.45, 2.75) is 45.3 Å². The van der Waals surface area contributed by atoms with Crippen molar-refractivity contribution in [1.82, 2.24) is 0 Å². The Hall–Kier alpha value is -0.830. The highest BCUT2D eigenvalue weighted by Gasteiger charge is 2.17. The topological polar surface area (TPSA) is 34.1 Å². The Bertz CT molecular complexity index is 355. The van der Waals surface area contributed by atoms with Crippen LogP contribution in [-0.4, -0.2) is 16.8 Å². The Balaban J connectivity index is 2.43. The molecule has 0 radical (unpaired) electrons. The van der Waals surface area contributed by atoms with Gasteiger partial charge in [-0.25, -0.2) is 0 Å². The van der Waals surface area contributed by atoms with Crippen LogP contribution in [0.2, 0.25) is 0 Å². The van der Waals surface area contributed by atoms with E-state index in [0.29, 0.717) is 10.2 Å². The first-order valence-electron chi connectivity index (χ1n) is 6.17. The van der Waals surface area contributed by atoms with Crippen LogP contribution in [0.3, 0.4) is 0 Å². The maximum atomic E-state index is 11.5. The third-order valence-electron chi connectivity index (χ3n) is 3.01. The summed E-state index contributed by atoms with van der Waals surface area (Å²) in [6.07, 6.45) is 7.60. The number of ketones is 2. The van der Waals surface area contributed by atoms with Crippen LogP contribution in [0, 0.1) is 5.92 Å². The van der Waals surface area contributed by atoms with Gasteiger partial charge in [0, 0.05) is 11.3 Å². The van der Waals surface area contributed by atoms with Crippen molar-refractivity contribution < 1.29 is 9.59 Å². The molecule has 1 rings (SSSR count). The third-order valence-corrected chi connectivity index (χ3v) is 4.22. The lowest BCUT2D eigenvalue weighted by molar-refractivity contribution is -0.114. The SMILES string of the molecule is CCC(C)CCC(C)SC1=CC(=O)C=CC1=O. The summed E-state index contributed by atoms with van der Waals surface area (Å²) in [7, 11) is 0. The first-order valence-corrected chi connectivity index (χ1v) is 7.05. The molecule has 0 aliphatic heterocycles. The van der Waals surface area contributed by atoms with Crippen LogP contribution in [0.1, 0.15) is 40.0 Å². The number of carbonyl (C=O) groups is 2. The lowest BCUT2D eigenvalue weighted by Gasteiger charge is -2.15. The normalized spacial score (nSPS) is 19.1. The summed E-state index contributed by atoms with van der Waals surface area (Å²) in [6.45, 7) is 6.55. The van der Waals surface area contributed by atoms with Crippen molar-refractivity contribution in [2.75, 3.05) is 0 Å². The zero-order valence-corrected chi connectivity index (χ0v) is 11.5. The van der Waals surface area contributed by atoms with E-state index in [-0.39, 0.29) is 11.6 Å². The van der Waals surface area contributed by atoms with Gasteiger partial charge in [0.15, 0.2) is 11.6 Å². The smallest absolute Gasteiger partial charge is 0.192 e. The van der Waals surface area contributed by atoms with Crippen molar-refractivity contribution in [1.29, 1.82) is 0 Å². The number of hydrogen-bond donors (Lipinski definition) is 0. The highest BCUT2D eigenvalue weighted by Crippen LogP contribution is 2.28. The molecule has 0 N–H and O–H groups in total. The zero-order chi connectivity index (χ0) is 12.8. The van der Waals surface area contributed by atoms with E-state index >= 15 is 0 Å². The molecule has 0 amide bonds. The molecule has 17 heavy (non-hydrogen) atoms. The van der Waals surface area contributed by atoms with Crippen molar-refractivity contribution in [3.63, 3.8) is 0 Å². The molecule has 94 valence electrons. The van der Waals surface area contributed by atoms with E-state index in [0.717, 1.165) is 12.3 Å². The summed E-state index contributed by atoms with van der Waals surface area (Å²) in [4.78, 5) is 23.3. The van der Waals surface area contributed by atoms with Gasteiger partial charge in [-0.1, -0.05) is 27.2 Å². The summed E-state index contributed by atoms with van der Waals surface area (Å²) in [5, 5.41) is 0.387. The van der Waals surface area contributed by atoms with Crippen LogP contribution in [0.25, 0.3) is 0 Å². The highest BCUT2D eigenvalue weighted by atomic mass is 32.2. The minimum atomic E-state index is -0.0822. The van der Waals surface area contributed by atoms with Gasteiger partial charge >= 0.3 is 0 Å². The average molecular weight is 252 g/mol. The molecule has 1 aliphatic carbocycles.